The van der Waals surface area contributed by atoms with Crippen LogP contribution in [0.15, 0.2) is 12.3 Å². The van der Waals surface area contributed by atoms with Gasteiger partial charge in [0.2, 0.25) is 5.54 Å². The maximum atomic E-state index is 12.2. The molecule has 1 saturated carbocycles. The van der Waals surface area contributed by atoms with E-state index in [2.05, 4.69) is 12.4 Å². The lowest BCUT2D eigenvalue weighted by atomic mass is 9.92. The predicted octanol–water partition coefficient (Wildman–Crippen LogP) is 1.88. The second-order valence-electron chi connectivity index (χ2n) is 5.17. The van der Waals surface area contributed by atoms with Gasteiger partial charge in [0, 0.05) is 5.92 Å². The van der Waals surface area contributed by atoms with Crippen LogP contribution in [0.2, 0.25) is 0 Å². The predicted molar refractivity (Wildman–Crippen MR) is 68.9 cm³/mol. The largest absolute Gasteiger partial charge is 0.464 e. The molecule has 1 N–H and O–H groups in total. The summed E-state index contributed by atoms with van der Waals surface area (Å²) in [6.07, 6.45) is 8.62. The molecule has 5 heteroatoms. The number of hydrogen-bond donors (Lipinski definition) is 1. The van der Waals surface area contributed by atoms with Crippen LogP contribution in [0.25, 0.3) is 0 Å². The Labute approximate surface area is 113 Å². The Morgan fingerprint density at radius 1 is 1.37 bits per heavy atom. The average molecular weight is 267 g/mol. The van der Waals surface area contributed by atoms with Crippen LogP contribution in [0.5, 0.6) is 0 Å². The second-order valence-corrected chi connectivity index (χ2v) is 5.17. The Bertz CT molecular complexity index is 376. The van der Waals surface area contributed by atoms with Gasteiger partial charge >= 0.3 is 5.97 Å². The summed E-state index contributed by atoms with van der Waals surface area (Å²) < 4.78 is 5.22. The molecule has 0 amide bonds. The number of ketones is 1. The number of hydroxylamine groups is 1. The lowest BCUT2D eigenvalue weighted by Crippen LogP contribution is -2.55. The lowest BCUT2D eigenvalue weighted by molar-refractivity contribution is -0.157. The molecule has 2 rings (SSSR count). The number of rotatable bonds is 8. The summed E-state index contributed by atoms with van der Waals surface area (Å²) in [7, 11) is 0. The van der Waals surface area contributed by atoms with Gasteiger partial charge in [-0.1, -0.05) is 26.2 Å². The number of hydrogen-bond acceptors (Lipinski definition) is 5. The topological polar surface area (TPSA) is 64.6 Å². The maximum absolute atomic E-state index is 12.2. The normalized spacial score (nSPS) is 25.1. The molecule has 19 heavy (non-hydrogen) atoms. The van der Waals surface area contributed by atoms with Crippen LogP contribution < -0.4 is 5.48 Å². The van der Waals surface area contributed by atoms with E-state index in [1.807, 2.05) is 0 Å². The lowest BCUT2D eigenvalue weighted by Gasteiger charge is -2.22. The van der Waals surface area contributed by atoms with E-state index in [1.165, 1.54) is 12.3 Å². The molecule has 1 heterocycles. The number of carbonyl (C=O) groups is 2. The van der Waals surface area contributed by atoms with Gasteiger partial charge in [0.25, 0.3) is 0 Å². The minimum absolute atomic E-state index is 0.0357. The van der Waals surface area contributed by atoms with Crippen LogP contribution in [-0.2, 0) is 19.2 Å². The van der Waals surface area contributed by atoms with Gasteiger partial charge < -0.3 is 9.57 Å². The highest BCUT2D eigenvalue weighted by Gasteiger charge is 2.53. The third-order valence-corrected chi connectivity index (χ3v) is 3.50. The van der Waals surface area contributed by atoms with Crippen molar-refractivity contribution in [2.24, 2.45) is 5.92 Å². The molecule has 106 valence electrons. The van der Waals surface area contributed by atoms with Crippen LogP contribution in [0, 0.1) is 5.92 Å². The number of carbonyl (C=O) groups excluding carboxylic acids is 2. The molecule has 1 unspecified atom stereocenters. The first-order valence-corrected chi connectivity index (χ1v) is 7.03. The molecule has 1 atom stereocenters. The molecule has 0 aromatic heterocycles. The van der Waals surface area contributed by atoms with E-state index in [0.29, 0.717) is 6.61 Å². The van der Waals surface area contributed by atoms with Crippen molar-refractivity contribution in [1.82, 2.24) is 5.48 Å². The van der Waals surface area contributed by atoms with Crippen LogP contribution >= 0.6 is 0 Å². The first-order chi connectivity index (χ1) is 9.20. The standard InChI is InChI=1S/C14H21NO4/c1-2-3-4-5-9-18-13(17)14(8-10-19-15-14)12(16)11-6-7-11/h8,10-11,15H,2-7,9H2,1H3. The molecular formula is C14H21NO4. The summed E-state index contributed by atoms with van der Waals surface area (Å²) >= 11 is 0. The van der Waals surface area contributed by atoms with E-state index >= 15 is 0 Å². The molecule has 0 aromatic carbocycles. The van der Waals surface area contributed by atoms with Crippen molar-refractivity contribution >= 4 is 11.8 Å². The van der Waals surface area contributed by atoms with Gasteiger partial charge in [-0.3, -0.25) is 4.79 Å². The zero-order valence-corrected chi connectivity index (χ0v) is 11.3. The van der Waals surface area contributed by atoms with Gasteiger partial charge in [-0.25, -0.2) is 4.79 Å². The van der Waals surface area contributed by atoms with E-state index in [1.54, 1.807) is 0 Å². The van der Waals surface area contributed by atoms with E-state index in [9.17, 15) is 9.59 Å². The molecule has 0 saturated heterocycles. The number of nitrogens with one attached hydrogen (secondary N) is 1. The number of ether oxygens (including phenoxy) is 1. The number of Topliss-reactive ketones (excluding diaryl/α,β-unsaturated/α-hetero) is 1. The fourth-order valence-electron chi connectivity index (χ4n) is 2.11. The number of esters is 1. The Morgan fingerprint density at radius 3 is 2.74 bits per heavy atom. The van der Waals surface area contributed by atoms with E-state index in [4.69, 9.17) is 9.57 Å². The van der Waals surface area contributed by atoms with Crippen LogP contribution in [0.3, 0.4) is 0 Å². The molecule has 0 bridgehead atoms. The zero-order chi connectivity index (χ0) is 13.7. The number of unbranched alkanes of at least 4 members (excludes halogenated alkanes) is 3. The maximum Gasteiger partial charge on any atom is 0.341 e. The van der Waals surface area contributed by atoms with Crippen molar-refractivity contribution in [2.75, 3.05) is 6.61 Å². The van der Waals surface area contributed by atoms with Crippen molar-refractivity contribution in [1.29, 1.82) is 0 Å². The third-order valence-electron chi connectivity index (χ3n) is 3.50. The summed E-state index contributed by atoms with van der Waals surface area (Å²) in [5.41, 5.74) is 1.10. The van der Waals surface area contributed by atoms with E-state index in [0.717, 1.165) is 38.5 Å². The highest BCUT2D eigenvalue weighted by Crippen LogP contribution is 2.35. The highest BCUT2D eigenvalue weighted by molar-refractivity contribution is 6.12. The summed E-state index contributed by atoms with van der Waals surface area (Å²) in [5.74, 6) is -0.721. The fourth-order valence-corrected chi connectivity index (χ4v) is 2.11. The van der Waals surface area contributed by atoms with E-state index < -0.39 is 11.5 Å². The monoisotopic (exact) mass is 267 g/mol. The molecule has 1 aliphatic heterocycles. The Hall–Kier alpha value is -1.36. The van der Waals surface area contributed by atoms with Crippen molar-refractivity contribution in [3.8, 4) is 0 Å². The SMILES string of the molecule is CCCCCCOC(=O)C1(C(=O)C2CC2)C=CON1. The van der Waals surface area contributed by atoms with Gasteiger partial charge in [-0.2, -0.15) is 0 Å². The molecule has 0 spiro atoms. The molecule has 2 aliphatic rings. The molecule has 5 nitrogen and oxygen atoms in total. The van der Waals surface area contributed by atoms with Crippen LogP contribution in [-0.4, -0.2) is 23.9 Å². The summed E-state index contributed by atoms with van der Waals surface area (Å²) in [4.78, 5) is 29.2. The first-order valence-electron chi connectivity index (χ1n) is 7.03. The fraction of sp³-hybridized carbons (Fsp3) is 0.714. The Kier molecular flexibility index (Phi) is 4.58. The van der Waals surface area contributed by atoms with Crippen molar-refractivity contribution in [3.63, 3.8) is 0 Å². The minimum atomic E-state index is -1.41. The quantitative estimate of drug-likeness (QED) is 0.413. The molecule has 1 fully saturated rings. The molecule has 1 aliphatic carbocycles. The van der Waals surface area contributed by atoms with Crippen molar-refractivity contribution in [2.45, 2.75) is 51.0 Å². The van der Waals surface area contributed by atoms with Gasteiger partial charge in [0.1, 0.15) is 6.26 Å². The van der Waals surface area contributed by atoms with Gasteiger partial charge in [0.05, 0.1) is 6.61 Å². The first kappa shape index (κ1) is 14.1. The summed E-state index contributed by atoms with van der Waals surface area (Å²) in [6, 6.07) is 0. The summed E-state index contributed by atoms with van der Waals surface area (Å²) in [5, 5.41) is 0. The smallest absolute Gasteiger partial charge is 0.341 e. The zero-order valence-electron chi connectivity index (χ0n) is 11.3. The Balaban J connectivity index is 1.86. The third kappa shape index (κ3) is 3.15. The minimum Gasteiger partial charge on any atom is -0.464 e. The van der Waals surface area contributed by atoms with Crippen LogP contribution in [0.1, 0.15) is 45.4 Å². The average Bonchev–Trinajstić information content (AvgIpc) is 3.14. The van der Waals surface area contributed by atoms with Gasteiger partial charge in [-0.15, -0.1) is 5.48 Å². The van der Waals surface area contributed by atoms with Crippen molar-refractivity contribution < 1.29 is 19.2 Å². The molecule has 0 radical (unpaired) electrons. The van der Waals surface area contributed by atoms with Crippen molar-refractivity contribution in [3.05, 3.63) is 12.3 Å². The van der Waals surface area contributed by atoms with Crippen LogP contribution in [0.4, 0.5) is 0 Å². The Morgan fingerprint density at radius 2 is 2.16 bits per heavy atom. The van der Waals surface area contributed by atoms with Gasteiger partial charge in [0.15, 0.2) is 5.78 Å². The highest BCUT2D eigenvalue weighted by atomic mass is 16.7. The second kappa shape index (κ2) is 6.19. The van der Waals surface area contributed by atoms with E-state index in [-0.39, 0.29) is 11.7 Å². The molecular weight excluding hydrogens is 246 g/mol. The summed E-state index contributed by atoms with van der Waals surface area (Å²) in [6.45, 7) is 2.48. The van der Waals surface area contributed by atoms with Gasteiger partial charge in [-0.05, 0) is 25.3 Å². The molecule has 0 aromatic rings.